The molecule has 2 rings (SSSR count). The molecule has 1 saturated heterocycles. The predicted octanol–water partition coefficient (Wildman–Crippen LogP) is 1.27. The third-order valence-corrected chi connectivity index (χ3v) is 3.87. The Morgan fingerprint density at radius 1 is 1.28 bits per heavy atom. The Labute approximate surface area is 108 Å². The number of amides is 1. The van der Waals surface area contributed by atoms with E-state index in [1.807, 2.05) is 20.8 Å². The summed E-state index contributed by atoms with van der Waals surface area (Å²) < 4.78 is 5.39. The number of ether oxygens (including phenoxy) is 1. The van der Waals surface area contributed by atoms with E-state index in [9.17, 15) is 15.0 Å². The van der Waals surface area contributed by atoms with Gasteiger partial charge in [0.25, 0.3) is 0 Å². The summed E-state index contributed by atoms with van der Waals surface area (Å²) in [6.45, 7) is 5.64. The summed E-state index contributed by atoms with van der Waals surface area (Å²) >= 11 is 0. The molecule has 0 radical (unpaired) electrons. The number of carbonyl (C=O) groups is 1. The molecule has 18 heavy (non-hydrogen) atoms. The topological polar surface area (TPSA) is 70.0 Å². The summed E-state index contributed by atoms with van der Waals surface area (Å²) in [6.07, 6.45) is 1.29. The first-order valence-electron chi connectivity index (χ1n) is 6.60. The van der Waals surface area contributed by atoms with Crippen LogP contribution in [0.2, 0.25) is 0 Å². The molecule has 104 valence electrons. The first kappa shape index (κ1) is 13.6. The molecule has 5 heteroatoms. The molecule has 5 nitrogen and oxygen atoms in total. The molecule has 0 bridgehead atoms. The smallest absolute Gasteiger partial charge is 0.410 e. The summed E-state index contributed by atoms with van der Waals surface area (Å²) in [5, 5.41) is 19.5. The summed E-state index contributed by atoms with van der Waals surface area (Å²) in [6, 6.07) is 0. The lowest BCUT2D eigenvalue weighted by Crippen LogP contribution is -2.65. The van der Waals surface area contributed by atoms with Crippen LogP contribution < -0.4 is 0 Å². The van der Waals surface area contributed by atoms with Crippen molar-refractivity contribution >= 4 is 6.09 Å². The first-order chi connectivity index (χ1) is 8.23. The summed E-state index contributed by atoms with van der Waals surface area (Å²) in [7, 11) is 0. The number of aliphatic hydroxyl groups excluding tert-OH is 2. The van der Waals surface area contributed by atoms with Crippen LogP contribution in [0.3, 0.4) is 0 Å². The van der Waals surface area contributed by atoms with Gasteiger partial charge < -0.3 is 14.9 Å². The second-order valence-corrected chi connectivity index (χ2v) is 6.51. The number of carbonyl (C=O) groups excluding carboxylic acids is 1. The van der Waals surface area contributed by atoms with Crippen molar-refractivity contribution in [3.8, 4) is 0 Å². The molecule has 1 aliphatic heterocycles. The van der Waals surface area contributed by atoms with Gasteiger partial charge in [0, 0.05) is 5.54 Å². The fraction of sp³-hybridized carbons (Fsp3) is 0.923. The number of nitrogens with zero attached hydrogens (tertiary/aromatic N) is 1. The molecule has 1 saturated carbocycles. The van der Waals surface area contributed by atoms with Gasteiger partial charge in [-0.2, -0.15) is 0 Å². The molecule has 1 amide bonds. The van der Waals surface area contributed by atoms with Crippen molar-refractivity contribution in [2.45, 2.75) is 69.8 Å². The Morgan fingerprint density at radius 3 is 2.33 bits per heavy atom. The maximum Gasteiger partial charge on any atom is 0.410 e. The second-order valence-electron chi connectivity index (χ2n) is 6.51. The van der Waals surface area contributed by atoms with E-state index in [0.29, 0.717) is 6.42 Å². The third-order valence-electron chi connectivity index (χ3n) is 3.87. The minimum Gasteiger partial charge on any atom is -0.444 e. The fourth-order valence-electron chi connectivity index (χ4n) is 2.78. The quantitative estimate of drug-likeness (QED) is 0.685. The van der Waals surface area contributed by atoms with Gasteiger partial charge in [0.05, 0.1) is 18.8 Å². The summed E-state index contributed by atoms with van der Waals surface area (Å²) in [4.78, 5) is 13.8. The average Bonchev–Trinajstić information content (AvgIpc) is 2.16. The fourth-order valence-corrected chi connectivity index (χ4v) is 2.78. The van der Waals surface area contributed by atoms with Crippen LogP contribution in [0.4, 0.5) is 4.79 Å². The van der Waals surface area contributed by atoms with Gasteiger partial charge in [0.2, 0.25) is 0 Å². The number of hydrogen-bond donors (Lipinski definition) is 2. The summed E-state index contributed by atoms with van der Waals surface area (Å²) in [5.41, 5.74) is -0.829. The lowest BCUT2D eigenvalue weighted by atomic mass is 9.69. The molecule has 2 atom stereocenters. The zero-order chi connectivity index (χ0) is 13.6. The highest BCUT2D eigenvalue weighted by molar-refractivity contribution is 5.69. The minimum absolute atomic E-state index is 0.163. The van der Waals surface area contributed by atoms with Crippen molar-refractivity contribution in [1.82, 2.24) is 4.90 Å². The lowest BCUT2D eigenvalue weighted by Gasteiger charge is -2.55. The molecule has 1 aliphatic carbocycles. The minimum atomic E-state index is -0.872. The third kappa shape index (κ3) is 2.47. The van der Waals surface area contributed by atoms with E-state index < -0.39 is 17.8 Å². The second kappa shape index (κ2) is 4.38. The van der Waals surface area contributed by atoms with Crippen LogP contribution in [-0.4, -0.2) is 51.1 Å². The van der Waals surface area contributed by atoms with Crippen molar-refractivity contribution in [3.63, 3.8) is 0 Å². The van der Waals surface area contributed by atoms with Gasteiger partial charge in [-0.3, -0.25) is 4.90 Å². The number of rotatable bonds is 0. The number of aliphatic hydroxyl groups is 2. The van der Waals surface area contributed by atoms with Crippen LogP contribution in [0.15, 0.2) is 0 Å². The average molecular weight is 257 g/mol. The van der Waals surface area contributed by atoms with Crippen LogP contribution in [0, 0.1) is 0 Å². The van der Waals surface area contributed by atoms with Gasteiger partial charge in [-0.1, -0.05) is 0 Å². The van der Waals surface area contributed by atoms with Crippen LogP contribution in [0.25, 0.3) is 0 Å². The molecule has 0 aromatic heterocycles. The van der Waals surface area contributed by atoms with E-state index in [1.54, 1.807) is 4.90 Å². The number of likely N-dealkylation sites (tertiary alicyclic amines) is 1. The number of hydrogen-bond acceptors (Lipinski definition) is 4. The molecular formula is C13H23NO4. The Kier molecular flexibility index (Phi) is 3.32. The van der Waals surface area contributed by atoms with Gasteiger partial charge in [-0.05, 0) is 46.5 Å². The molecule has 1 heterocycles. The first-order valence-corrected chi connectivity index (χ1v) is 6.60. The van der Waals surface area contributed by atoms with Crippen molar-refractivity contribution in [1.29, 1.82) is 0 Å². The maximum atomic E-state index is 12.2. The normalized spacial score (nSPS) is 31.1. The molecular weight excluding hydrogens is 234 g/mol. The Balaban J connectivity index is 2.11. The number of piperidine rings is 1. The van der Waals surface area contributed by atoms with Crippen molar-refractivity contribution in [2.24, 2.45) is 0 Å². The maximum absolute atomic E-state index is 12.2. The van der Waals surface area contributed by atoms with Gasteiger partial charge in [-0.15, -0.1) is 0 Å². The van der Waals surface area contributed by atoms with E-state index in [1.165, 1.54) is 0 Å². The van der Waals surface area contributed by atoms with Crippen molar-refractivity contribution < 1.29 is 19.7 Å². The SMILES string of the molecule is CC(C)(C)OC(=O)N1C[C@@H](O)[C@@H](O)CC12CCC2. The number of β-amino-alcohol motifs (C(OH)–C–C–N with tert-alkyl or cyclic N) is 1. The predicted molar refractivity (Wildman–Crippen MR) is 66.2 cm³/mol. The van der Waals surface area contributed by atoms with Gasteiger partial charge >= 0.3 is 6.09 Å². The van der Waals surface area contributed by atoms with Crippen LogP contribution in [0.5, 0.6) is 0 Å². The standard InChI is InChI=1S/C13H23NO4/c1-12(2,3)18-11(17)14-8-10(16)9(15)7-13(14)5-4-6-13/h9-10,15-16H,4-8H2,1-3H3/t9-,10+/m0/s1. The van der Waals surface area contributed by atoms with Crippen LogP contribution >= 0.6 is 0 Å². The van der Waals surface area contributed by atoms with Gasteiger partial charge in [-0.25, -0.2) is 4.79 Å². The van der Waals surface area contributed by atoms with Crippen molar-refractivity contribution in [3.05, 3.63) is 0 Å². The molecule has 2 fully saturated rings. The van der Waals surface area contributed by atoms with Crippen molar-refractivity contribution in [2.75, 3.05) is 6.54 Å². The molecule has 0 aromatic carbocycles. The highest BCUT2D eigenvalue weighted by Crippen LogP contribution is 2.45. The molecule has 2 aliphatic rings. The van der Waals surface area contributed by atoms with E-state index in [4.69, 9.17) is 4.74 Å². The van der Waals surface area contributed by atoms with Crippen LogP contribution in [-0.2, 0) is 4.74 Å². The van der Waals surface area contributed by atoms with E-state index in [-0.39, 0.29) is 18.2 Å². The molecule has 0 unspecified atom stereocenters. The zero-order valence-electron chi connectivity index (χ0n) is 11.3. The Hall–Kier alpha value is -0.810. The van der Waals surface area contributed by atoms with E-state index in [0.717, 1.165) is 19.3 Å². The van der Waals surface area contributed by atoms with Crippen LogP contribution in [0.1, 0.15) is 46.5 Å². The highest BCUT2D eigenvalue weighted by atomic mass is 16.6. The zero-order valence-corrected chi connectivity index (χ0v) is 11.3. The molecule has 2 N–H and O–H groups in total. The highest BCUT2D eigenvalue weighted by Gasteiger charge is 2.52. The summed E-state index contributed by atoms with van der Waals surface area (Å²) in [5.74, 6) is 0. The monoisotopic (exact) mass is 257 g/mol. The Morgan fingerprint density at radius 2 is 1.89 bits per heavy atom. The van der Waals surface area contributed by atoms with E-state index >= 15 is 0 Å². The van der Waals surface area contributed by atoms with E-state index in [2.05, 4.69) is 0 Å². The largest absolute Gasteiger partial charge is 0.444 e. The lowest BCUT2D eigenvalue weighted by molar-refractivity contribution is -0.121. The Bertz CT molecular complexity index is 332. The van der Waals surface area contributed by atoms with Gasteiger partial charge in [0.1, 0.15) is 5.60 Å². The molecule has 0 aromatic rings. The molecule has 1 spiro atoms. The van der Waals surface area contributed by atoms with Gasteiger partial charge in [0.15, 0.2) is 0 Å².